The van der Waals surface area contributed by atoms with E-state index in [1.54, 1.807) is 4.90 Å². The van der Waals surface area contributed by atoms with Crippen molar-refractivity contribution in [2.45, 2.75) is 39.7 Å². The van der Waals surface area contributed by atoms with E-state index in [4.69, 9.17) is 4.74 Å². The van der Waals surface area contributed by atoms with Gasteiger partial charge in [-0.25, -0.2) is 0 Å². The Hall–Kier alpha value is -2.66. The van der Waals surface area contributed by atoms with Crippen molar-refractivity contribution in [3.05, 3.63) is 58.7 Å². The number of carbonyl (C=O) groups excluding carboxylic acids is 2. The minimum Gasteiger partial charge on any atom is -0.492 e. The molecule has 3 rings (SSSR count). The molecule has 0 aliphatic carbocycles. The van der Waals surface area contributed by atoms with Gasteiger partial charge in [0.2, 0.25) is 0 Å². The van der Waals surface area contributed by atoms with Gasteiger partial charge >= 0.3 is 0 Å². The standard InChI is InChI=1S/C22H25NO4/c1-14-6-5-7-18(12-14)27-11-10-23-20-16(3)9-8-15(2)19(20)22(26,21(23)25)13-17(4)24/h5-9,12,26H,10-11,13H2,1-4H3. The maximum Gasteiger partial charge on any atom is 0.264 e. The molecule has 0 saturated carbocycles. The normalized spacial score (nSPS) is 18.6. The van der Waals surface area contributed by atoms with Gasteiger partial charge in [0.05, 0.1) is 12.2 Å². The van der Waals surface area contributed by atoms with Crippen LogP contribution in [0.5, 0.6) is 5.75 Å². The van der Waals surface area contributed by atoms with E-state index in [9.17, 15) is 14.7 Å². The summed E-state index contributed by atoms with van der Waals surface area (Å²) in [5.74, 6) is 0.0512. The third kappa shape index (κ3) is 3.47. The Morgan fingerprint density at radius 3 is 2.52 bits per heavy atom. The summed E-state index contributed by atoms with van der Waals surface area (Å²) >= 11 is 0. The van der Waals surface area contributed by atoms with Crippen LogP contribution in [0.4, 0.5) is 5.69 Å². The fourth-order valence-corrected chi connectivity index (χ4v) is 3.80. The number of rotatable bonds is 6. The van der Waals surface area contributed by atoms with Crippen molar-refractivity contribution in [3.8, 4) is 5.75 Å². The number of amides is 1. The summed E-state index contributed by atoms with van der Waals surface area (Å²) in [6, 6.07) is 11.5. The fraction of sp³-hybridized carbons (Fsp3) is 0.364. The lowest BCUT2D eigenvalue weighted by atomic mass is 9.86. The molecule has 1 heterocycles. The number of ether oxygens (including phenoxy) is 1. The van der Waals surface area contributed by atoms with Crippen molar-refractivity contribution in [1.82, 2.24) is 0 Å². The van der Waals surface area contributed by atoms with Crippen LogP contribution in [0.15, 0.2) is 36.4 Å². The Morgan fingerprint density at radius 1 is 1.15 bits per heavy atom. The first-order valence-electron chi connectivity index (χ1n) is 9.08. The largest absolute Gasteiger partial charge is 0.492 e. The van der Waals surface area contributed by atoms with Crippen LogP contribution in [-0.2, 0) is 15.2 Å². The molecule has 1 aliphatic heterocycles. The molecule has 1 amide bonds. The molecule has 0 bridgehead atoms. The molecule has 0 aromatic heterocycles. The van der Waals surface area contributed by atoms with Crippen molar-refractivity contribution < 1.29 is 19.4 Å². The Morgan fingerprint density at radius 2 is 1.85 bits per heavy atom. The van der Waals surface area contributed by atoms with Crippen molar-refractivity contribution in [2.24, 2.45) is 0 Å². The number of carbonyl (C=O) groups is 2. The van der Waals surface area contributed by atoms with Crippen LogP contribution in [0.2, 0.25) is 0 Å². The van der Waals surface area contributed by atoms with Crippen molar-refractivity contribution in [1.29, 1.82) is 0 Å². The molecule has 1 unspecified atom stereocenters. The molecule has 5 heteroatoms. The lowest BCUT2D eigenvalue weighted by Crippen LogP contribution is -2.43. The predicted molar refractivity (Wildman–Crippen MR) is 104 cm³/mol. The van der Waals surface area contributed by atoms with Crippen molar-refractivity contribution in [2.75, 3.05) is 18.1 Å². The third-order valence-electron chi connectivity index (χ3n) is 4.95. The minimum absolute atomic E-state index is 0.224. The summed E-state index contributed by atoms with van der Waals surface area (Å²) in [5.41, 5.74) is 2.21. The van der Waals surface area contributed by atoms with Crippen LogP contribution in [0.25, 0.3) is 0 Å². The van der Waals surface area contributed by atoms with E-state index in [2.05, 4.69) is 0 Å². The molecule has 142 valence electrons. The van der Waals surface area contributed by atoms with Gasteiger partial charge < -0.3 is 14.7 Å². The molecule has 5 nitrogen and oxygen atoms in total. The second kappa shape index (κ2) is 7.16. The van der Waals surface area contributed by atoms with Gasteiger partial charge in [-0.05, 0) is 56.5 Å². The Balaban J connectivity index is 1.89. The highest BCUT2D eigenvalue weighted by Crippen LogP contribution is 2.46. The monoisotopic (exact) mass is 367 g/mol. The van der Waals surface area contributed by atoms with Crippen LogP contribution in [0.3, 0.4) is 0 Å². The van der Waals surface area contributed by atoms with E-state index >= 15 is 0 Å². The van der Waals surface area contributed by atoms with E-state index in [0.29, 0.717) is 17.8 Å². The second-order valence-corrected chi connectivity index (χ2v) is 7.28. The van der Waals surface area contributed by atoms with E-state index in [1.165, 1.54) is 6.92 Å². The van der Waals surface area contributed by atoms with E-state index < -0.39 is 11.5 Å². The molecule has 1 N–H and O–H groups in total. The van der Waals surface area contributed by atoms with Crippen LogP contribution < -0.4 is 9.64 Å². The molecule has 27 heavy (non-hydrogen) atoms. The van der Waals surface area contributed by atoms with Crippen LogP contribution in [-0.4, -0.2) is 29.9 Å². The SMILES string of the molecule is CC(=O)CC1(O)C(=O)N(CCOc2cccc(C)c2)c2c(C)ccc(C)c21. The summed E-state index contributed by atoms with van der Waals surface area (Å²) in [5, 5.41) is 11.2. The van der Waals surface area contributed by atoms with Gasteiger partial charge in [0.25, 0.3) is 5.91 Å². The summed E-state index contributed by atoms with van der Waals surface area (Å²) in [6.07, 6.45) is -0.224. The Kier molecular flexibility index (Phi) is 5.07. The molecule has 0 fully saturated rings. The molecule has 1 aliphatic rings. The zero-order valence-corrected chi connectivity index (χ0v) is 16.2. The molecule has 2 aromatic rings. The fourth-order valence-electron chi connectivity index (χ4n) is 3.80. The van der Waals surface area contributed by atoms with Crippen molar-refractivity contribution in [3.63, 3.8) is 0 Å². The lowest BCUT2D eigenvalue weighted by Gasteiger charge is -2.22. The number of aryl methyl sites for hydroxylation is 3. The first-order valence-corrected chi connectivity index (χ1v) is 9.08. The summed E-state index contributed by atoms with van der Waals surface area (Å²) in [4.78, 5) is 26.4. The zero-order valence-electron chi connectivity index (χ0n) is 16.2. The first kappa shape index (κ1) is 19.1. The van der Waals surface area contributed by atoms with Gasteiger partial charge in [-0.1, -0.05) is 24.3 Å². The summed E-state index contributed by atoms with van der Waals surface area (Å²) in [6.45, 7) is 7.71. The number of Topliss-reactive ketones (excluding diaryl/α,β-unsaturated/α-hetero) is 1. The average molecular weight is 367 g/mol. The number of anilines is 1. The summed E-state index contributed by atoms with van der Waals surface area (Å²) in [7, 11) is 0. The molecular formula is C22H25NO4. The zero-order chi connectivity index (χ0) is 19.8. The van der Waals surface area contributed by atoms with Crippen LogP contribution in [0.1, 0.15) is 35.6 Å². The number of hydrogen-bond acceptors (Lipinski definition) is 4. The Bertz CT molecular complexity index is 905. The second-order valence-electron chi connectivity index (χ2n) is 7.28. The Labute approximate surface area is 159 Å². The van der Waals surface area contributed by atoms with Crippen LogP contribution >= 0.6 is 0 Å². The number of benzene rings is 2. The topological polar surface area (TPSA) is 66.8 Å². The highest BCUT2D eigenvalue weighted by molar-refractivity contribution is 6.09. The van der Waals surface area contributed by atoms with Gasteiger partial charge in [-0.2, -0.15) is 0 Å². The number of hydrogen-bond donors (Lipinski definition) is 1. The molecule has 0 spiro atoms. The van der Waals surface area contributed by atoms with Gasteiger partial charge in [0, 0.05) is 12.0 Å². The minimum atomic E-state index is -1.80. The molecule has 0 radical (unpaired) electrons. The van der Waals surface area contributed by atoms with Crippen molar-refractivity contribution >= 4 is 17.4 Å². The number of nitrogens with zero attached hydrogens (tertiary/aromatic N) is 1. The van der Waals surface area contributed by atoms with E-state index in [0.717, 1.165) is 22.4 Å². The quantitative estimate of drug-likeness (QED) is 0.851. The predicted octanol–water partition coefficient (Wildman–Crippen LogP) is 3.20. The van der Waals surface area contributed by atoms with E-state index in [-0.39, 0.29) is 18.8 Å². The lowest BCUT2D eigenvalue weighted by molar-refractivity contribution is -0.141. The number of fused-ring (bicyclic) bond motifs is 1. The average Bonchev–Trinajstić information content (AvgIpc) is 2.80. The maximum absolute atomic E-state index is 13.1. The van der Waals surface area contributed by atoms with Gasteiger partial charge in [-0.3, -0.25) is 9.59 Å². The van der Waals surface area contributed by atoms with Gasteiger partial charge in [0.15, 0.2) is 5.60 Å². The summed E-state index contributed by atoms with van der Waals surface area (Å²) < 4.78 is 5.79. The van der Waals surface area contributed by atoms with Crippen LogP contribution in [0, 0.1) is 20.8 Å². The van der Waals surface area contributed by atoms with Gasteiger partial charge in [-0.15, -0.1) is 0 Å². The highest BCUT2D eigenvalue weighted by Gasteiger charge is 2.51. The molecular weight excluding hydrogens is 342 g/mol. The maximum atomic E-state index is 13.1. The third-order valence-corrected chi connectivity index (χ3v) is 4.95. The number of aliphatic hydroxyl groups is 1. The van der Waals surface area contributed by atoms with Gasteiger partial charge in [0.1, 0.15) is 18.1 Å². The van der Waals surface area contributed by atoms with E-state index in [1.807, 2.05) is 57.2 Å². The smallest absolute Gasteiger partial charge is 0.264 e. The highest BCUT2D eigenvalue weighted by atomic mass is 16.5. The first-order chi connectivity index (χ1) is 12.7. The molecule has 2 aromatic carbocycles. The number of ketones is 1. The molecule has 0 saturated heterocycles. The molecule has 1 atom stereocenters.